The van der Waals surface area contributed by atoms with Crippen molar-refractivity contribution in [3.05, 3.63) is 131 Å². The molecule has 2 amide bonds. The zero-order valence-electron chi connectivity index (χ0n) is 34.0. The van der Waals surface area contributed by atoms with Crippen LogP contribution < -0.4 is 20.1 Å². The Balaban J connectivity index is 0.000000336. The molecule has 2 unspecified atom stereocenters. The Kier molecular flexibility index (Phi) is 21.7. The number of benzene rings is 4. The van der Waals surface area contributed by atoms with Gasteiger partial charge >= 0.3 is 29.8 Å². The Bertz CT molecular complexity index is 2030. The van der Waals surface area contributed by atoms with Gasteiger partial charge in [-0.3, -0.25) is 9.59 Å². The van der Waals surface area contributed by atoms with E-state index in [2.05, 4.69) is 20.1 Å². The van der Waals surface area contributed by atoms with E-state index in [1.807, 2.05) is 60.7 Å². The third-order valence-corrected chi connectivity index (χ3v) is 8.18. The van der Waals surface area contributed by atoms with Crippen molar-refractivity contribution in [3.8, 4) is 11.5 Å². The number of methoxy groups -OCH3 is 2. The van der Waals surface area contributed by atoms with E-state index in [9.17, 15) is 38.7 Å². The minimum Gasteiger partial charge on any atom is -0.482 e. The molecule has 2 atom stereocenters. The molecule has 0 aromatic heterocycles. The van der Waals surface area contributed by atoms with Crippen LogP contribution in [0.5, 0.6) is 11.5 Å². The summed E-state index contributed by atoms with van der Waals surface area (Å²) < 4.78 is 35.0. The van der Waals surface area contributed by atoms with Gasteiger partial charge in [0.15, 0.2) is 19.8 Å². The number of ether oxygens (including phenoxy) is 7. The van der Waals surface area contributed by atoms with Crippen LogP contribution in [0.3, 0.4) is 0 Å². The first-order valence-electron chi connectivity index (χ1n) is 18.9. The summed E-state index contributed by atoms with van der Waals surface area (Å²) in [6, 6.07) is 29.3. The number of esters is 3. The van der Waals surface area contributed by atoms with Crippen LogP contribution in [0.25, 0.3) is 0 Å². The highest BCUT2D eigenvalue weighted by Gasteiger charge is 2.24. The van der Waals surface area contributed by atoms with Crippen LogP contribution in [0.15, 0.2) is 109 Å². The van der Waals surface area contributed by atoms with Gasteiger partial charge in [0.05, 0.1) is 27.4 Å². The molecule has 330 valence electrons. The van der Waals surface area contributed by atoms with Crippen molar-refractivity contribution < 1.29 is 76.9 Å². The number of rotatable bonds is 24. The molecule has 62 heavy (non-hydrogen) atoms. The fourth-order valence-corrected chi connectivity index (χ4v) is 5.09. The van der Waals surface area contributed by atoms with Crippen LogP contribution >= 0.6 is 0 Å². The fourth-order valence-electron chi connectivity index (χ4n) is 5.09. The second kappa shape index (κ2) is 27.4. The average molecular weight is 861 g/mol. The minimum atomic E-state index is -1.16. The van der Waals surface area contributed by atoms with Crippen LogP contribution in [0.4, 0.5) is 0 Å². The lowest BCUT2D eigenvalue weighted by Gasteiger charge is -2.18. The number of carboxylic acids is 2. The molecule has 18 nitrogen and oxygen atoms in total. The van der Waals surface area contributed by atoms with Crippen molar-refractivity contribution in [2.75, 3.05) is 47.3 Å². The Morgan fingerprint density at radius 2 is 0.919 bits per heavy atom. The second-order valence-electron chi connectivity index (χ2n) is 13.0. The van der Waals surface area contributed by atoms with E-state index >= 15 is 0 Å². The lowest BCUT2D eigenvalue weighted by Crippen LogP contribution is -2.45. The van der Waals surface area contributed by atoms with Gasteiger partial charge in [0.1, 0.15) is 36.8 Å². The van der Waals surface area contributed by atoms with Gasteiger partial charge in [-0.15, -0.1) is 0 Å². The molecule has 4 rings (SSSR count). The molecular formula is C44H48N2O16. The summed E-state index contributed by atoms with van der Waals surface area (Å²) in [6.07, 6.45) is 0.153. The summed E-state index contributed by atoms with van der Waals surface area (Å²) in [5.74, 6) is -4.55. The molecule has 0 heterocycles. The molecule has 0 spiro atoms. The molecule has 18 heteroatoms. The van der Waals surface area contributed by atoms with E-state index in [0.29, 0.717) is 22.6 Å². The maximum absolute atomic E-state index is 12.5. The Labute approximate surface area is 357 Å². The summed E-state index contributed by atoms with van der Waals surface area (Å²) in [5.41, 5.74) is 3.14. The van der Waals surface area contributed by atoms with Gasteiger partial charge in [0.2, 0.25) is 11.8 Å². The lowest BCUT2D eigenvalue weighted by molar-refractivity contribution is -0.158. The van der Waals surface area contributed by atoms with Gasteiger partial charge in [0, 0.05) is 12.8 Å². The molecule has 0 fully saturated rings. The number of nitrogens with one attached hydrogen (secondary N) is 2. The summed E-state index contributed by atoms with van der Waals surface area (Å²) in [5, 5.41) is 22.9. The number of aliphatic carboxylic acids is 2. The molecule has 0 saturated carbocycles. The van der Waals surface area contributed by atoms with E-state index in [1.165, 1.54) is 14.2 Å². The Morgan fingerprint density at radius 1 is 0.500 bits per heavy atom. The van der Waals surface area contributed by atoms with E-state index < -0.39 is 67.0 Å². The largest absolute Gasteiger partial charge is 0.482 e. The molecular weight excluding hydrogens is 812 g/mol. The lowest BCUT2D eigenvalue weighted by atomic mass is 10.1. The van der Waals surface area contributed by atoms with E-state index in [4.69, 9.17) is 28.8 Å². The second-order valence-corrected chi connectivity index (χ2v) is 13.0. The van der Waals surface area contributed by atoms with E-state index in [0.717, 1.165) is 11.1 Å². The van der Waals surface area contributed by atoms with Crippen molar-refractivity contribution in [3.63, 3.8) is 0 Å². The normalized spacial score (nSPS) is 11.3. The maximum Gasteiger partial charge on any atom is 0.344 e. The zero-order valence-corrected chi connectivity index (χ0v) is 34.0. The highest BCUT2D eigenvalue weighted by Crippen LogP contribution is 2.15. The van der Waals surface area contributed by atoms with Gasteiger partial charge in [-0.2, -0.15) is 0 Å². The van der Waals surface area contributed by atoms with Crippen LogP contribution in [0, 0.1) is 0 Å². The smallest absolute Gasteiger partial charge is 0.344 e. The number of amides is 2. The number of carboxylic acid groups (broad SMARTS) is 2. The number of hydrogen-bond donors (Lipinski definition) is 4. The first-order chi connectivity index (χ1) is 29.8. The predicted octanol–water partition coefficient (Wildman–Crippen LogP) is 2.68. The molecule has 0 radical (unpaired) electrons. The quantitative estimate of drug-likeness (QED) is 0.0584. The first-order valence-corrected chi connectivity index (χ1v) is 18.9. The standard InChI is InChI=1S/C24H27NO9.C20H21NO7/c1-30-22(27)15-33-19-10-8-17(9-11-19)12-20(24(29)34-16-23(28)31-2)25-21(26)14-32-13-18-6-4-3-5-7-18;22-18(12-27-11-15-4-2-1-3-5-15)21-17(20(25)26)10-14-6-8-16(9-7-14)28-13-19(23)24/h3-11,20H,12-16H2,1-2H3,(H,25,26);1-9,17H,10-13H2,(H,21,22)(H,23,24)(H,25,26). The Morgan fingerprint density at radius 3 is 1.35 bits per heavy atom. The predicted molar refractivity (Wildman–Crippen MR) is 218 cm³/mol. The van der Waals surface area contributed by atoms with Crippen molar-refractivity contribution >= 4 is 41.7 Å². The van der Waals surface area contributed by atoms with Gasteiger partial charge in [-0.25, -0.2) is 24.0 Å². The monoisotopic (exact) mass is 860 g/mol. The van der Waals surface area contributed by atoms with Crippen molar-refractivity contribution in [1.82, 2.24) is 10.6 Å². The molecule has 0 saturated heterocycles. The number of carbonyl (C=O) groups is 7. The van der Waals surface area contributed by atoms with Crippen LogP contribution in [-0.2, 0) is 83.3 Å². The molecule has 0 aliphatic rings. The molecule has 4 N–H and O–H groups in total. The fraction of sp³-hybridized carbons (Fsp3) is 0.295. The van der Waals surface area contributed by atoms with Crippen LogP contribution in [-0.4, -0.2) is 111 Å². The average Bonchev–Trinajstić information content (AvgIpc) is 3.27. The highest BCUT2D eigenvalue weighted by atomic mass is 16.6. The Hall–Kier alpha value is -7.31. The van der Waals surface area contributed by atoms with Gasteiger partial charge in [-0.05, 0) is 46.5 Å². The SMILES string of the molecule is COC(=O)COC(=O)C(Cc1ccc(OCC(=O)OC)cc1)NC(=O)COCc1ccccc1.O=C(O)COc1ccc(CC(NC(=O)COCc2ccccc2)C(=O)O)cc1. The van der Waals surface area contributed by atoms with E-state index in [1.54, 1.807) is 48.5 Å². The van der Waals surface area contributed by atoms with E-state index in [-0.39, 0.29) is 45.9 Å². The first kappa shape index (κ1) is 49.1. The molecule has 0 aliphatic carbocycles. The topological polar surface area (TPSA) is 249 Å². The van der Waals surface area contributed by atoms with Crippen LogP contribution in [0.1, 0.15) is 22.3 Å². The summed E-state index contributed by atoms with van der Waals surface area (Å²) in [7, 11) is 2.43. The van der Waals surface area contributed by atoms with Crippen molar-refractivity contribution in [1.29, 1.82) is 0 Å². The third-order valence-electron chi connectivity index (χ3n) is 8.18. The molecule has 0 bridgehead atoms. The minimum absolute atomic E-state index is 0.0684. The van der Waals surface area contributed by atoms with Crippen molar-refractivity contribution in [2.24, 2.45) is 0 Å². The molecule has 4 aromatic carbocycles. The summed E-state index contributed by atoms with van der Waals surface area (Å²) in [6.45, 7) is -1.31. The zero-order chi connectivity index (χ0) is 45.1. The highest BCUT2D eigenvalue weighted by molar-refractivity contribution is 5.86. The van der Waals surface area contributed by atoms with Gasteiger partial charge < -0.3 is 54.0 Å². The van der Waals surface area contributed by atoms with Crippen molar-refractivity contribution in [2.45, 2.75) is 38.1 Å². The van der Waals surface area contributed by atoms with Gasteiger partial charge in [-0.1, -0.05) is 84.9 Å². The molecule has 0 aliphatic heterocycles. The number of carbonyl (C=O) groups excluding carboxylic acids is 5. The summed E-state index contributed by atoms with van der Waals surface area (Å²) >= 11 is 0. The number of hydrogen-bond acceptors (Lipinski definition) is 14. The molecule has 4 aromatic rings. The maximum atomic E-state index is 12.5. The van der Waals surface area contributed by atoms with Gasteiger partial charge in [0.25, 0.3) is 0 Å². The summed E-state index contributed by atoms with van der Waals surface area (Å²) in [4.78, 5) is 81.2. The third kappa shape index (κ3) is 20.1. The van der Waals surface area contributed by atoms with Crippen LogP contribution in [0.2, 0.25) is 0 Å².